The fraction of sp³-hybridized carbons (Fsp3) is 0.429. The maximum Gasteiger partial charge on any atom is 0.246 e. The highest BCUT2D eigenvalue weighted by Crippen LogP contribution is 2.16. The smallest absolute Gasteiger partial charge is 0.246 e. The molecule has 0 bridgehead atoms. The van der Waals surface area contributed by atoms with E-state index in [9.17, 15) is 9.59 Å². The Morgan fingerprint density at radius 3 is 2.61 bits per heavy atom. The van der Waals surface area contributed by atoms with E-state index in [0.717, 1.165) is 11.3 Å². The Balaban J connectivity index is 0.00000341. The minimum Gasteiger partial charge on any atom is -0.357 e. The molecule has 1 fully saturated rings. The highest BCUT2D eigenvalue weighted by atomic mass is 127. The van der Waals surface area contributed by atoms with E-state index in [4.69, 9.17) is 0 Å². The number of piperazine rings is 1. The summed E-state index contributed by atoms with van der Waals surface area (Å²) in [5.41, 5.74) is 1.87. The number of aliphatic imine (C=N–C) groups is 1. The topological polar surface area (TPSA) is 94.9 Å². The number of anilines is 1. The molecular formula is C21H30IN7O2. The zero-order chi connectivity index (χ0) is 21.3. The van der Waals surface area contributed by atoms with Gasteiger partial charge in [-0.05, 0) is 12.5 Å². The summed E-state index contributed by atoms with van der Waals surface area (Å²) in [5.74, 6) is 0.615. The van der Waals surface area contributed by atoms with Gasteiger partial charge in [-0.1, -0.05) is 30.3 Å². The first kappa shape index (κ1) is 24.6. The second-order valence-corrected chi connectivity index (χ2v) is 7.09. The number of carbonyl (C=O) groups is 2. The minimum atomic E-state index is -0.0454. The van der Waals surface area contributed by atoms with E-state index in [1.54, 1.807) is 15.8 Å². The summed E-state index contributed by atoms with van der Waals surface area (Å²) >= 11 is 0. The number of nitrogens with zero attached hydrogens (tertiary/aromatic N) is 5. The summed E-state index contributed by atoms with van der Waals surface area (Å²) < 4.78 is 1.68. The van der Waals surface area contributed by atoms with E-state index in [1.807, 2.05) is 55.4 Å². The summed E-state index contributed by atoms with van der Waals surface area (Å²) in [6.45, 7) is 5.00. The first-order valence-electron chi connectivity index (χ1n) is 10.2. The van der Waals surface area contributed by atoms with Crippen molar-refractivity contribution in [3.63, 3.8) is 0 Å². The van der Waals surface area contributed by atoms with Crippen molar-refractivity contribution in [2.45, 2.75) is 19.9 Å². The highest BCUT2D eigenvalue weighted by molar-refractivity contribution is 14.0. The lowest BCUT2D eigenvalue weighted by Gasteiger charge is -2.35. The van der Waals surface area contributed by atoms with E-state index in [1.165, 1.54) is 0 Å². The standard InChI is InChI=1S/C21H29N7O2.HI/c1-3-22-21(23-10-9-19(29)24-13-17-7-5-4-6-8-17)27-11-12-28(20(30)16-27)18-14-25-26(2)15-18;/h4-8,14-15H,3,9-13,16H2,1-2H3,(H,22,23)(H,24,29);1H. The number of guanidine groups is 1. The Labute approximate surface area is 199 Å². The molecule has 168 valence electrons. The van der Waals surface area contributed by atoms with Crippen LogP contribution in [0.3, 0.4) is 0 Å². The molecule has 0 radical (unpaired) electrons. The Bertz CT molecular complexity index is 885. The molecule has 0 unspecified atom stereocenters. The van der Waals surface area contributed by atoms with E-state index in [2.05, 4.69) is 20.7 Å². The number of nitrogens with one attached hydrogen (secondary N) is 2. The maximum absolute atomic E-state index is 12.6. The monoisotopic (exact) mass is 539 g/mol. The number of rotatable bonds is 7. The SMILES string of the molecule is CCNC(=NCCC(=O)NCc1ccccc1)N1CCN(c2cnn(C)c2)C(=O)C1.I. The Hall–Kier alpha value is -2.63. The molecule has 31 heavy (non-hydrogen) atoms. The van der Waals surface area contributed by atoms with Crippen LogP contribution in [0.1, 0.15) is 18.9 Å². The number of hydrogen-bond acceptors (Lipinski definition) is 4. The Morgan fingerprint density at radius 2 is 1.97 bits per heavy atom. The molecule has 9 nitrogen and oxygen atoms in total. The fourth-order valence-electron chi connectivity index (χ4n) is 3.25. The average Bonchev–Trinajstić information content (AvgIpc) is 3.18. The molecule has 1 saturated heterocycles. The normalized spacial score (nSPS) is 14.3. The second kappa shape index (κ2) is 12.3. The van der Waals surface area contributed by atoms with Gasteiger partial charge in [0, 0.05) is 45.8 Å². The third-order valence-corrected chi connectivity index (χ3v) is 4.79. The molecule has 0 spiro atoms. The van der Waals surface area contributed by atoms with Gasteiger partial charge >= 0.3 is 0 Å². The Kier molecular flexibility index (Phi) is 9.76. The molecule has 10 heteroatoms. The highest BCUT2D eigenvalue weighted by Gasteiger charge is 2.27. The van der Waals surface area contributed by atoms with Crippen molar-refractivity contribution in [3.8, 4) is 0 Å². The van der Waals surface area contributed by atoms with Crippen molar-refractivity contribution >= 4 is 47.4 Å². The molecular weight excluding hydrogens is 509 g/mol. The lowest BCUT2D eigenvalue weighted by molar-refractivity contribution is -0.121. The number of carbonyl (C=O) groups excluding carboxylic acids is 2. The van der Waals surface area contributed by atoms with Gasteiger partial charge < -0.3 is 20.4 Å². The predicted molar refractivity (Wildman–Crippen MR) is 131 cm³/mol. The van der Waals surface area contributed by atoms with Gasteiger partial charge in [0.2, 0.25) is 11.8 Å². The van der Waals surface area contributed by atoms with Gasteiger partial charge in [0.1, 0.15) is 6.54 Å². The average molecular weight is 539 g/mol. The summed E-state index contributed by atoms with van der Waals surface area (Å²) in [4.78, 5) is 33.0. The molecule has 0 atom stereocenters. The van der Waals surface area contributed by atoms with Crippen molar-refractivity contribution in [2.24, 2.45) is 12.0 Å². The maximum atomic E-state index is 12.6. The third-order valence-electron chi connectivity index (χ3n) is 4.79. The molecule has 0 saturated carbocycles. The molecule has 2 N–H and O–H groups in total. The number of benzene rings is 1. The first-order valence-corrected chi connectivity index (χ1v) is 10.2. The molecule has 1 aromatic carbocycles. The summed E-state index contributed by atoms with van der Waals surface area (Å²) in [6.07, 6.45) is 3.83. The quantitative estimate of drug-likeness (QED) is 0.315. The van der Waals surface area contributed by atoms with Crippen LogP contribution in [0.25, 0.3) is 0 Å². The number of aromatic nitrogens is 2. The van der Waals surface area contributed by atoms with Crippen molar-refractivity contribution in [1.29, 1.82) is 0 Å². The largest absolute Gasteiger partial charge is 0.357 e. The first-order chi connectivity index (χ1) is 14.6. The van der Waals surface area contributed by atoms with Crippen LogP contribution < -0.4 is 15.5 Å². The number of hydrogen-bond donors (Lipinski definition) is 2. The zero-order valence-electron chi connectivity index (χ0n) is 18.0. The lowest BCUT2D eigenvalue weighted by Crippen LogP contribution is -2.55. The van der Waals surface area contributed by atoms with Crippen LogP contribution >= 0.6 is 24.0 Å². The molecule has 1 aliphatic heterocycles. The number of halogens is 1. The van der Waals surface area contributed by atoms with Crippen molar-refractivity contribution in [2.75, 3.05) is 37.6 Å². The van der Waals surface area contributed by atoms with Gasteiger partial charge in [0.25, 0.3) is 0 Å². The lowest BCUT2D eigenvalue weighted by atomic mass is 10.2. The molecule has 3 rings (SSSR count). The van der Waals surface area contributed by atoms with Crippen LogP contribution in [0.15, 0.2) is 47.7 Å². The fourth-order valence-corrected chi connectivity index (χ4v) is 3.25. The zero-order valence-corrected chi connectivity index (χ0v) is 20.3. The van der Waals surface area contributed by atoms with Crippen LogP contribution in [-0.4, -0.2) is 65.2 Å². The second-order valence-electron chi connectivity index (χ2n) is 7.09. The number of amides is 2. The van der Waals surface area contributed by atoms with Crippen LogP contribution in [-0.2, 0) is 23.2 Å². The third kappa shape index (κ3) is 7.23. The summed E-state index contributed by atoms with van der Waals surface area (Å²) in [6, 6.07) is 9.80. The molecule has 2 aromatic rings. The predicted octanol–water partition coefficient (Wildman–Crippen LogP) is 1.36. The van der Waals surface area contributed by atoms with E-state index in [0.29, 0.717) is 45.1 Å². The van der Waals surface area contributed by atoms with Crippen molar-refractivity contribution in [3.05, 3.63) is 48.3 Å². The van der Waals surface area contributed by atoms with Gasteiger partial charge in [0.15, 0.2) is 5.96 Å². The van der Waals surface area contributed by atoms with Gasteiger partial charge in [-0.3, -0.25) is 19.3 Å². The molecule has 1 aromatic heterocycles. The number of aryl methyl sites for hydroxylation is 1. The van der Waals surface area contributed by atoms with E-state index in [-0.39, 0.29) is 42.3 Å². The minimum absolute atomic E-state index is 0. The molecule has 0 aliphatic carbocycles. The van der Waals surface area contributed by atoms with Crippen LogP contribution in [0.2, 0.25) is 0 Å². The summed E-state index contributed by atoms with van der Waals surface area (Å²) in [5, 5.41) is 10.3. The van der Waals surface area contributed by atoms with E-state index < -0.39 is 0 Å². The van der Waals surface area contributed by atoms with Crippen LogP contribution in [0.4, 0.5) is 5.69 Å². The van der Waals surface area contributed by atoms with Crippen LogP contribution in [0, 0.1) is 0 Å². The van der Waals surface area contributed by atoms with Gasteiger partial charge in [0.05, 0.1) is 18.4 Å². The van der Waals surface area contributed by atoms with Gasteiger partial charge in [-0.2, -0.15) is 5.10 Å². The van der Waals surface area contributed by atoms with Crippen molar-refractivity contribution < 1.29 is 9.59 Å². The summed E-state index contributed by atoms with van der Waals surface area (Å²) in [7, 11) is 1.83. The van der Waals surface area contributed by atoms with Gasteiger partial charge in [-0.25, -0.2) is 0 Å². The van der Waals surface area contributed by atoms with Crippen molar-refractivity contribution in [1.82, 2.24) is 25.3 Å². The molecule has 2 amide bonds. The molecule has 1 aliphatic rings. The van der Waals surface area contributed by atoms with Crippen LogP contribution in [0.5, 0.6) is 0 Å². The van der Waals surface area contributed by atoms with E-state index >= 15 is 0 Å². The Morgan fingerprint density at radius 1 is 1.19 bits per heavy atom. The van der Waals surface area contributed by atoms with Gasteiger partial charge in [-0.15, -0.1) is 24.0 Å². The molecule has 2 heterocycles.